The highest BCUT2D eigenvalue weighted by Gasteiger charge is 2.27. The third kappa shape index (κ3) is 4.00. The molecule has 0 bridgehead atoms. The predicted molar refractivity (Wildman–Crippen MR) is 123 cm³/mol. The Labute approximate surface area is 190 Å². The van der Waals surface area contributed by atoms with Gasteiger partial charge in [-0.15, -0.1) is 0 Å². The normalized spacial score (nSPS) is 16.6. The molecule has 8 heteroatoms. The molecular formula is C25H23F2N5O. The molecule has 1 saturated carbocycles. The summed E-state index contributed by atoms with van der Waals surface area (Å²) in [4.78, 5) is 22.7. The number of halogens is 2. The van der Waals surface area contributed by atoms with E-state index in [1.165, 1.54) is 22.3 Å². The summed E-state index contributed by atoms with van der Waals surface area (Å²) in [6.45, 7) is 8.05. The molecule has 168 valence electrons. The highest BCUT2D eigenvalue weighted by atomic mass is 19.1. The van der Waals surface area contributed by atoms with Gasteiger partial charge >= 0.3 is 0 Å². The zero-order chi connectivity index (χ0) is 23.1. The molecular weight excluding hydrogens is 424 g/mol. The second-order valence-electron chi connectivity index (χ2n) is 8.68. The van der Waals surface area contributed by atoms with Crippen LogP contribution in [0.4, 0.5) is 20.3 Å². The van der Waals surface area contributed by atoms with Gasteiger partial charge in [0.1, 0.15) is 11.6 Å². The summed E-state index contributed by atoms with van der Waals surface area (Å²) in [6, 6.07) is 11.5. The minimum Gasteiger partial charge on any atom is -0.354 e. The lowest BCUT2D eigenvalue weighted by molar-refractivity contribution is 0.486. The first-order valence-corrected chi connectivity index (χ1v) is 11.1. The van der Waals surface area contributed by atoms with Crippen molar-refractivity contribution < 1.29 is 8.78 Å². The van der Waals surface area contributed by atoms with Crippen LogP contribution in [0.1, 0.15) is 37.2 Å². The molecule has 1 aliphatic heterocycles. The van der Waals surface area contributed by atoms with Crippen LogP contribution in [0.25, 0.3) is 21.9 Å². The molecule has 0 radical (unpaired) electrons. The molecule has 6 nitrogen and oxygen atoms in total. The number of hydrogen-bond donors (Lipinski definition) is 1. The lowest BCUT2D eigenvalue weighted by atomic mass is 10.1. The van der Waals surface area contributed by atoms with Gasteiger partial charge in [-0.25, -0.2) is 14.2 Å². The van der Waals surface area contributed by atoms with Crippen LogP contribution in [0.5, 0.6) is 0 Å². The van der Waals surface area contributed by atoms with Crippen LogP contribution < -0.4 is 16.2 Å². The summed E-state index contributed by atoms with van der Waals surface area (Å²) in [5.41, 5.74) is 6.91. The Balaban J connectivity index is 1.68. The van der Waals surface area contributed by atoms with Crippen LogP contribution in [0.3, 0.4) is 0 Å². The summed E-state index contributed by atoms with van der Waals surface area (Å²) < 4.78 is 31.0. The van der Waals surface area contributed by atoms with Crippen LogP contribution in [0.15, 0.2) is 47.3 Å². The van der Waals surface area contributed by atoms with Crippen molar-refractivity contribution in [1.82, 2.24) is 9.55 Å². The number of nitrogens with zero attached hydrogens (tertiary/aromatic N) is 4. The highest BCUT2D eigenvalue weighted by Crippen LogP contribution is 2.40. The van der Waals surface area contributed by atoms with Crippen molar-refractivity contribution in [3.63, 3.8) is 0 Å². The molecule has 2 heterocycles. The molecule has 2 N–H and O–H groups in total. The van der Waals surface area contributed by atoms with E-state index >= 15 is 4.39 Å². The number of piperidine rings is 1. The average Bonchev–Trinajstić information content (AvgIpc) is 3.67. The standard InChI is InChI=1S/C25H23F2N5O/c1-29-21-9-6-17(14-20(21)26)23-30-24(31-12-10-18(28)11-13-31)22(27)25(33)32(23)19-7-4-16(5-8-19)15-2-3-15/h4-9,14-15,18H,2-3,10-13,28H2. The number of anilines is 1. The van der Waals surface area contributed by atoms with Gasteiger partial charge in [-0.3, -0.25) is 9.36 Å². The molecule has 2 fully saturated rings. The van der Waals surface area contributed by atoms with Crippen LogP contribution >= 0.6 is 0 Å². The van der Waals surface area contributed by atoms with Gasteiger partial charge in [-0.1, -0.05) is 24.3 Å². The molecule has 33 heavy (non-hydrogen) atoms. The molecule has 1 saturated heterocycles. The average molecular weight is 447 g/mol. The first kappa shape index (κ1) is 21.3. The fraction of sp³-hybridized carbons (Fsp3) is 0.320. The minimum atomic E-state index is -0.946. The maximum atomic E-state index is 15.4. The van der Waals surface area contributed by atoms with Crippen LogP contribution in [-0.2, 0) is 0 Å². The summed E-state index contributed by atoms with van der Waals surface area (Å²) in [7, 11) is 0. The van der Waals surface area contributed by atoms with Gasteiger partial charge in [0.15, 0.2) is 5.82 Å². The van der Waals surface area contributed by atoms with Gasteiger partial charge in [-0.05, 0) is 55.4 Å². The van der Waals surface area contributed by atoms with E-state index in [9.17, 15) is 9.18 Å². The first-order chi connectivity index (χ1) is 16.0. The summed E-state index contributed by atoms with van der Waals surface area (Å²) in [5.74, 6) is -1.06. The number of benzene rings is 2. The Kier molecular flexibility index (Phi) is 5.43. The quantitative estimate of drug-likeness (QED) is 0.597. The molecule has 1 aromatic heterocycles. The smallest absolute Gasteiger partial charge is 0.296 e. The fourth-order valence-corrected chi connectivity index (χ4v) is 4.29. The molecule has 0 atom stereocenters. The summed E-state index contributed by atoms with van der Waals surface area (Å²) in [5, 5.41) is 0. The van der Waals surface area contributed by atoms with E-state index in [-0.39, 0.29) is 23.4 Å². The van der Waals surface area contributed by atoms with Gasteiger partial charge in [-0.2, -0.15) is 4.39 Å². The van der Waals surface area contributed by atoms with E-state index in [2.05, 4.69) is 9.83 Å². The number of rotatable bonds is 4. The van der Waals surface area contributed by atoms with Gasteiger partial charge in [0.05, 0.1) is 12.3 Å². The molecule has 3 aromatic rings. The maximum Gasteiger partial charge on any atom is 0.296 e. The maximum absolute atomic E-state index is 15.4. The zero-order valence-electron chi connectivity index (χ0n) is 18.0. The Morgan fingerprint density at radius 3 is 2.33 bits per heavy atom. The third-order valence-corrected chi connectivity index (χ3v) is 6.38. The van der Waals surface area contributed by atoms with Crippen LogP contribution in [0, 0.1) is 18.2 Å². The molecule has 2 aromatic carbocycles. The van der Waals surface area contributed by atoms with E-state index in [0.29, 0.717) is 43.1 Å². The van der Waals surface area contributed by atoms with Gasteiger partial charge in [0.25, 0.3) is 5.56 Å². The fourth-order valence-electron chi connectivity index (χ4n) is 4.29. The van der Waals surface area contributed by atoms with Crippen molar-refractivity contribution in [3.05, 3.63) is 81.4 Å². The van der Waals surface area contributed by atoms with E-state index in [4.69, 9.17) is 12.3 Å². The SMILES string of the molecule is [C-]#[N+]c1ccc(-c2nc(N3CCC(N)CC3)c(F)c(=O)n2-c2ccc(C3CC3)cc2)cc1F. The zero-order valence-corrected chi connectivity index (χ0v) is 18.0. The highest BCUT2D eigenvalue weighted by molar-refractivity contribution is 5.65. The Bertz CT molecular complexity index is 1300. The van der Waals surface area contributed by atoms with Crippen molar-refractivity contribution in [3.8, 4) is 17.1 Å². The summed E-state index contributed by atoms with van der Waals surface area (Å²) >= 11 is 0. The van der Waals surface area contributed by atoms with Crippen molar-refractivity contribution >= 4 is 11.5 Å². The lowest BCUT2D eigenvalue weighted by Crippen LogP contribution is -2.42. The van der Waals surface area contributed by atoms with E-state index in [0.717, 1.165) is 18.9 Å². The van der Waals surface area contributed by atoms with Crippen LogP contribution in [-0.4, -0.2) is 28.7 Å². The topological polar surface area (TPSA) is 68.5 Å². The monoisotopic (exact) mass is 447 g/mol. The van der Waals surface area contributed by atoms with Crippen LogP contribution in [0.2, 0.25) is 0 Å². The Morgan fingerprint density at radius 2 is 1.73 bits per heavy atom. The van der Waals surface area contributed by atoms with Gasteiger partial charge in [0, 0.05) is 24.7 Å². The van der Waals surface area contributed by atoms with Crippen molar-refractivity contribution in [1.29, 1.82) is 0 Å². The van der Waals surface area contributed by atoms with Crippen molar-refractivity contribution in [2.24, 2.45) is 5.73 Å². The molecule has 2 aliphatic rings. The second-order valence-corrected chi connectivity index (χ2v) is 8.68. The molecule has 1 aliphatic carbocycles. The van der Waals surface area contributed by atoms with Crippen molar-refractivity contribution in [2.75, 3.05) is 18.0 Å². The molecule has 0 amide bonds. The molecule has 0 spiro atoms. The van der Waals surface area contributed by atoms with Crippen molar-refractivity contribution in [2.45, 2.75) is 37.6 Å². The molecule has 0 unspecified atom stereocenters. The second kappa shape index (κ2) is 8.41. The summed E-state index contributed by atoms with van der Waals surface area (Å²) in [6.07, 6.45) is 3.61. The predicted octanol–water partition coefficient (Wildman–Crippen LogP) is 4.53. The largest absolute Gasteiger partial charge is 0.354 e. The van der Waals surface area contributed by atoms with Gasteiger partial charge < -0.3 is 10.6 Å². The number of aromatic nitrogens is 2. The lowest BCUT2D eigenvalue weighted by Gasteiger charge is -2.31. The molecule has 5 rings (SSSR count). The third-order valence-electron chi connectivity index (χ3n) is 6.38. The van der Waals surface area contributed by atoms with E-state index < -0.39 is 17.2 Å². The number of hydrogen-bond acceptors (Lipinski definition) is 4. The van der Waals surface area contributed by atoms with E-state index in [1.807, 2.05) is 12.1 Å². The number of nitrogens with two attached hydrogens (primary N) is 1. The first-order valence-electron chi connectivity index (χ1n) is 11.1. The van der Waals surface area contributed by atoms with Gasteiger partial charge in [0.2, 0.25) is 11.5 Å². The Morgan fingerprint density at radius 1 is 1.03 bits per heavy atom. The Hall–Kier alpha value is -3.57. The van der Waals surface area contributed by atoms with E-state index in [1.54, 1.807) is 17.0 Å². The minimum absolute atomic E-state index is 0.0318.